The van der Waals surface area contributed by atoms with Crippen molar-refractivity contribution >= 4 is 0 Å². The van der Waals surface area contributed by atoms with Crippen LogP contribution in [0, 0.1) is 5.92 Å². The highest BCUT2D eigenvalue weighted by atomic mass is 14.8. The molecule has 0 radical (unpaired) electrons. The fourth-order valence-electron chi connectivity index (χ4n) is 1.18. The van der Waals surface area contributed by atoms with E-state index in [-0.39, 0.29) is 0 Å². The van der Waals surface area contributed by atoms with Gasteiger partial charge >= 0.3 is 0 Å². The molecule has 0 saturated heterocycles. The molecule has 0 heterocycles. The van der Waals surface area contributed by atoms with Gasteiger partial charge in [-0.25, -0.2) is 0 Å². The molecule has 0 fully saturated rings. The van der Waals surface area contributed by atoms with Gasteiger partial charge in [0.05, 0.1) is 0 Å². The molecule has 0 bridgehead atoms. The molecule has 1 nitrogen and oxygen atoms in total. The Balaban J connectivity index is 2.90. The van der Waals surface area contributed by atoms with Gasteiger partial charge in [-0.15, -0.1) is 0 Å². The molecule has 1 atom stereocenters. The fourth-order valence-corrected chi connectivity index (χ4v) is 1.18. The first kappa shape index (κ1) is 12.0. The quantitative estimate of drug-likeness (QED) is 0.553. The molecular formula is C11H25N. The highest BCUT2D eigenvalue weighted by molar-refractivity contribution is 4.53. The number of hydrogen-bond acceptors (Lipinski definition) is 1. The SMILES string of the molecule is CCCCCNCC[C@H](C)CC. The summed E-state index contributed by atoms with van der Waals surface area (Å²) in [6, 6.07) is 0. The van der Waals surface area contributed by atoms with Gasteiger partial charge in [0, 0.05) is 0 Å². The van der Waals surface area contributed by atoms with Crippen LogP contribution in [0.2, 0.25) is 0 Å². The normalized spacial score (nSPS) is 13.2. The maximum Gasteiger partial charge on any atom is -0.00464 e. The van der Waals surface area contributed by atoms with E-state index in [0.29, 0.717) is 0 Å². The second-order valence-corrected chi connectivity index (χ2v) is 3.76. The second kappa shape index (κ2) is 9.05. The summed E-state index contributed by atoms with van der Waals surface area (Å²) in [4.78, 5) is 0. The lowest BCUT2D eigenvalue weighted by atomic mass is 10.1. The summed E-state index contributed by atoms with van der Waals surface area (Å²) in [5, 5.41) is 3.49. The zero-order chi connectivity index (χ0) is 9.23. The first-order chi connectivity index (χ1) is 5.81. The zero-order valence-corrected chi connectivity index (χ0v) is 9.03. The average molecular weight is 171 g/mol. The lowest BCUT2D eigenvalue weighted by molar-refractivity contribution is 0.483. The van der Waals surface area contributed by atoms with Crippen LogP contribution in [0.15, 0.2) is 0 Å². The lowest BCUT2D eigenvalue weighted by Gasteiger charge is -2.08. The van der Waals surface area contributed by atoms with Crippen LogP contribution in [-0.4, -0.2) is 13.1 Å². The average Bonchev–Trinajstić information content (AvgIpc) is 2.10. The molecular weight excluding hydrogens is 146 g/mol. The number of rotatable bonds is 8. The molecule has 12 heavy (non-hydrogen) atoms. The Bertz CT molecular complexity index is 81.1. The third-order valence-electron chi connectivity index (χ3n) is 2.47. The van der Waals surface area contributed by atoms with E-state index >= 15 is 0 Å². The van der Waals surface area contributed by atoms with E-state index in [1.54, 1.807) is 0 Å². The van der Waals surface area contributed by atoms with Gasteiger partial charge in [0.1, 0.15) is 0 Å². The Labute approximate surface area is 77.9 Å². The lowest BCUT2D eigenvalue weighted by Crippen LogP contribution is -2.18. The third-order valence-corrected chi connectivity index (χ3v) is 2.47. The van der Waals surface area contributed by atoms with Gasteiger partial charge in [0.15, 0.2) is 0 Å². The molecule has 0 saturated carbocycles. The monoisotopic (exact) mass is 171 g/mol. The van der Waals surface area contributed by atoms with Crippen LogP contribution in [-0.2, 0) is 0 Å². The first-order valence-electron chi connectivity index (χ1n) is 5.52. The predicted octanol–water partition coefficient (Wildman–Crippen LogP) is 3.20. The molecule has 0 aliphatic heterocycles. The van der Waals surface area contributed by atoms with Crippen LogP contribution in [0.1, 0.15) is 52.9 Å². The van der Waals surface area contributed by atoms with Crippen molar-refractivity contribution in [2.45, 2.75) is 52.9 Å². The number of nitrogens with one attached hydrogen (secondary N) is 1. The Morgan fingerprint density at radius 1 is 1.08 bits per heavy atom. The van der Waals surface area contributed by atoms with Crippen LogP contribution in [0.3, 0.4) is 0 Å². The summed E-state index contributed by atoms with van der Waals surface area (Å²) in [7, 11) is 0. The Hall–Kier alpha value is -0.0400. The molecule has 0 amide bonds. The van der Waals surface area contributed by atoms with Crippen molar-refractivity contribution in [2.24, 2.45) is 5.92 Å². The molecule has 0 aromatic rings. The molecule has 0 aliphatic rings. The highest BCUT2D eigenvalue weighted by Gasteiger charge is 1.96. The van der Waals surface area contributed by atoms with E-state index in [1.807, 2.05) is 0 Å². The van der Waals surface area contributed by atoms with E-state index < -0.39 is 0 Å². The van der Waals surface area contributed by atoms with Crippen molar-refractivity contribution < 1.29 is 0 Å². The van der Waals surface area contributed by atoms with Crippen LogP contribution in [0.5, 0.6) is 0 Å². The molecule has 0 aliphatic carbocycles. The molecule has 0 unspecified atom stereocenters. The summed E-state index contributed by atoms with van der Waals surface area (Å²) in [5.74, 6) is 0.892. The summed E-state index contributed by atoms with van der Waals surface area (Å²) in [5.41, 5.74) is 0. The first-order valence-corrected chi connectivity index (χ1v) is 5.52. The van der Waals surface area contributed by atoms with Gasteiger partial charge < -0.3 is 5.32 Å². The van der Waals surface area contributed by atoms with Crippen LogP contribution in [0.4, 0.5) is 0 Å². The predicted molar refractivity (Wildman–Crippen MR) is 56.5 cm³/mol. The standard InChI is InChI=1S/C11H25N/c1-4-6-7-9-12-10-8-11(3)5-2/h11-12H,4-10H2,1-3H3/t11-/m1/s1. The van der Waals surface area contributed by atoms with Crippen molar-refractivity contribution in [3.63, 3.8) is 0 Å². The summed E-state index contributed by atoms with van der Waals surface area (Å²) in [6.45, 7) is 9.26. The van der Waals surface area contributed by atoms with Crippen molar-refractivity contribution in [3.05, 3.63) is 0 Å². The molecule has 0 aromatic heterocycles. The Morgan fingerprint density at radius 3 is 2.42 bits per heavy atom. The van der Waals surface area contributed by atoms with Crippen molar-refractivity contribution in [3.8, 4) is 0 Å². The number of hydrogen-bond donors (Lipinski definition) is 1. The van der Waals surface area contributed by atoms with Crippen molar-refractivity contribution in [2.75, 3.05) is 13.1 Å². The smallest absolute Gasteiger partial charge is 0.00464 e. The van der Waals surface area contributed by atoms with Gasteiger partial charge in [0.25, 0.3) is 0 Å². The maximum absolute atomic E-state index is 3.49. The summed E-state index contributed by atoms with van der Waals surface area (Å²) < 4.78 is 0. The van der Waals surface area contributed by atoms with Crippen molar-refractivity contribution in [1.29, 1.82) is 0 Å². The van der Waals surface area contributed by atoms with E-state index in [2.05, 4.69) is 26.1 Å². The summed E-state index contributed by atoms with van der Waals surface area (Å²) >= 11 is 0. The van der Waals surface area contributed by atoms with Crippen LogP contribution >= 0.6 is 0 Å². The minimum absolute atomic E-state index is 0.892. The molecule has 0 spiro atoms. The number of unbranched alkanes of at least 4 members (excludes halogenated alkanes) is 2. The fraction of sp³-hybridized carbons (Fsp3) is 1.00. The minimum Gasteiger partial charge on any atom is -0.317 e. The van der Waals surface area contributed by atoms with E-state index in [9.17, 15) is 0 Å². The van der Waals surface area contributed by atoms with Gasteiger partial charge in [-0.2, -0.15) is 0 Å². The van der Waals surface area contributed by atoms with Gasteiger partial charge in [-0.05, 0) is 31.8 Å². The highest BCUT2D eigenvalue weighted by Crippen LogP contribution is 2.04. The minimum atomic E-state index is 0.892. The van der Waals surface area contributed by atoms with Gasteiger partial charge in [-0.1, -0.05) is 40.0 Å². The van der Waals surface area contributed by atoms with Gasteiger partial charge in [0.2, 0.25) is 0 Å². The topological polar surface area (TPSA) is 12.0 Å². The van der Waals surface area contributed by atoms with E-state index in [4.69, 9.17) is 0 Å². The zero-order valence-electron chi connectivity index (χ0n) is 9.03. The molecule has 74 valence electrons. The molecule has 0 aromatic carbocycles. The van der Waals surface area contributed by atoms with Crippen LogP contribution < -0.4 is 5.32 Å². The van der Waals surface area contributed by atoms with E-state index in [1.165, 1.54) is 45.2 Å². The summed E-state index contributed by atoms with van der Waals surface area (Å²) in [6.07, 6.45) is 6.69. The molecule has 0 rings (SSSR count). The largest absolute Gasteiger partial charge is 0.317 e. The second-order valence-electron chi connectivity index (χ2n) is 3.76. The Morgan fingerprint density at radius 2 is 1.83 bits per heavy atom. The van der Waals surface area contributed by atoms with Crippen LogP contribution in [0.25, 0.3) is 0 Å². The molecule has 1 N–H and O–H groups in total. The maximum atomic E-state index is 3.49. The third kappa shape index (κ3) is 8.06. The van der Waals surface area contributed by atoms with Crippen molar-refractivity contribution in [1.82, 2.24) is 5.32 Å². The van der Waals surface area contributed by atoms with E-state index in [0.717, 1.165) is 5.92 Å². The molecule has 1 heteroatoms. The Kier molecular flexibility index (Phi) is 9.02. The van der Waals surface area contributed by atoms with Gasteiger partial charge in [-0.3, -0.25) is 0 Å².